The Hall–Kier alpha value is -2.87. The fraction of sp³-hybridized carbons (Fsp3) is 0.600. The maximum absolute atomic E-state index is 15.2. The predicted octanol–water partition coefficient (Wildman–Crippen LogP) is 4.98. The van der Waals surface area contributed by atoms with Crippen LogP contribution in [0.5, 0.6) is 0 Å². The highest BCUT2D eigenvalue weighted by Crippen LogP contribution is 2.44. The Morgan fingerprint density at radius 3 is 2.66 bits per heavy atom. The van der Waals surface area contributed by atoms with Crippen molar-refractivity contribution in [2.45, 2.75) is 64.0 Å². The molecular formula is C30H41ClFN7O4S. The zero-order valence-electron chi connectivity index (χ0n) is 25.8. The molecule has 3 aliphatic rings. The minimum Gasteiger partial charge on any atom is -0.453 e. The number of halogens is 2. The molecule has 4 heterocycles. The summed E-state index contributed by atoms with van der Waals surface area (Å²) in [5, 5.41) is 12.7. The Morgan fingerprint density at radius 1 is 1.27 bits per heavy atom. The predicted molar refractivity (Wildman–Crippen MR) is 170 cm³/mol. The number of amides is 1. The van der Waals surface area contributed by atoms with E-state index in [1.807, 2.05) is 28.8 Å². The van der Waals surface area contributed by atoms with E-state index in [4.69, 9.17) is 16.3 Å². The highest BCUT2D eigenvalue weighted by atomic mass is 35.5. The summed E-state index contributed by atoms with van der Waals surface area (Å²) in [6.45, 7) is 6.97. The van der Waals surface area contributed by atoms with Crippen LogP contribution in [-0.4, -0.2) is 96.8 Å². The van der Waals surface area contributed by atoms with Crippen molar-refractivity contribution >= 4 is 45.7 Å². The smallest absolute Gasteiger partial charge is 0.409 e. The number of rotatable bonds is 5. The normalized spacial score (nSPS) is 22.1. The minimum atomic E-state index is -0.811. The number of imidazole rings is 1. The number of hydrogen-bond acceptors (Lipinski definition) is 8. The molecule has 2 aromatic heterocycles. The zero-order chi connectivity index (χ0) is 31.8. The van der Waals surface area contributed by atoms with Crippen molar-refractivity contribution in [3.05, 3.63) is 35.0 Å². The third-order valence-corrected chi connectivity index (χ3v) is 10.1. The topological polar surface area (TPSA) is 126 Å². The first kappa shape index (κ1) is 32.5. The largest absolute Gasteiger partial charge is 0.453 e. The van der Waals surface area contributed by atoms with Crippen molar-refractivity contribution < 1.29 is 23.2 Å². The lowest BCUT2D eigenvalue weighted by Crippen LogP contribution is -2.58. The SMILES string of the molecule is CNc1ncc(Cl)c(-c2cc(F)c3nc([C@@H]4CCN(C(=O)OC)C4)n(C(C)C)c3c2)n1.CS(=O)N1CC2(CCCC(O)C2)C1. The molecule has 2 N–H and O–H groups in total. The number of aliphatic hydroxyl groups excluding tert-OH is 1. The second-order valence-electron chi connectivity index (χ2n) is 12.3. The van der Waals surface area contributed by atoms with Gasteiger partial charge in [-0.1, -0.05) is 18.0 Å². The van der Waals surface area contributed by atoms with Crippen molar-refractivity contribution in [2.75, 3.05) is 51.9 Å². The Morgan fingerprint density at radius 2 is 2.02 bits per heavy atom. The quantitative estimate of drug-likeness (QED) is 0.397. The highest BCUT2D eigenvalue weighted by molar-refractivity contribution is 7.81. The van der Waals surface area contributed by atoms with Gasteiger partial charge in [-0.05, 0) is 51.7 Å². The number of methoxy groups -OCH3 is 1. The van der Waals surface area contributed by atoms with Gasteiger partial charge in [0.15, 0.2) is 5.82 Å². The molecule has 11 nitrogen and oxygen atoms in total. The number of nitrogens with zero attached hydrogens (tertiary/aromatic N) is 6. The molecule has 3 atom stereocenters. The maximum Gasteiger partial charge on any atom is 0.409 e. The molecule has 0 radical (unpaired) electrons. The molecule has 3 aromatic rings. The van der Waals surface area contributed by atoms with E-state index in [1.165, 1.54) is 25.8 Å². The highest BCUT2D eigenvalue weighted by Gasteiger charge is 2.46. The number of benzene rings is 1. The van der Waals surface area contributed by atoms with E-state index in [0.717, 1.165) is 44.6 Å². The molecule has 2 saturated heterocycles. The van der Waals surface area contributed by atoms with Gasteiger partial charge in [0.1, 0.15) is 11.3 Å². The summed E-state index contributed by atoms with van der Waals surface area (Å²) in [6, 6.07) is 3.29. The summed E-state index contributed by atoms with van der Waals surface area (Å²) in [6.07, 6.45) is 7.70. The summed E-state index contributed by atoms with van der Waals surface area (Å²) in [7, 11) is 2.26. The number of carbonyl (C=O) groups excluding carboxylic acids is 1. The Balaban J connectivity index is 0.000000245. The van der Waals surface area contributed by atoms with Crippen LogP contribution in [-0.2, 0) is 15.7 Å². The standard InChI is InChI=1S/C21H24ClFN6O2.C9H17NO2S/c1-11(2)29-16-8-13(17-14(22)9-25-20(24-3)27-17)7-15(23)18(16)26-19(29)12-5-6-28(10-12)21(30)31-4;1-13(12)10-6-9(7-10)4-2-3-8(11)5-9/h7-9,11-12H,5-6,10H2,1-4H3,(H,24,25,27);8,11H,2-7H2,1H3/t12-;/m1./s1. The molecule has 14 heteroatoms. The first-order valence-corrected chi connectivity index (χ1v) is 16.9. The van der Waals surface area contributed by atoms with Gasteiger partial charge in [0, 0.05) is 62.4 Å². The number of anilines is 1. The third kappa shape index (κ3) is 6.56. The molecule has 1 aromatic carbocycles. The van der Waals surface area contributed by atoms with Gasteiger partial charge >= 0.3 is 6.09 Å². The fourth-order valence-electron chi connectivity index (χ4n) is 6.68. The van der Waals surface area contributed by atoms with Crippen molar-refractivity contribution in [1.29, 1.82) is 0 Å². The maximum atomic E-state index is 15.2. The lowest BCUT2D eigenvalue weighted by Gasteiger charge is -2.52. The van der Waals surface area contributed by atoms with Crippen LogP contribution in [0.4, 0.5) is 15.1 Å². The van der Waals surface area contributed by atoms with Gasteiger partial charge < -0.3 is 24.6 Å². The van der Waals surface area contributed by atoms with Gasteiger partial charge in [0.05, 0.1) is 46.6 Å². The van der Waals surface area contributed by atoms with E-state index >= 15 is 4.39 Å². The number of fused-ring (bicyclic) bond motifs is 1. The second-order valence-corrected chi connectivity index (χ2v) is 14.0. The number of ether oxygens (including phenoxy) is 1. The van der Waals surface area contributed by atoms with Crippen LogP contribution in [0.1, 0.15) is 63.7 Å². The first-order valence-electron chi connectivity index (χ1n) is 15.0. The number of aliphatic hydroxyl groups is 1. The first-order chi connectivity index (χ1) is 20.9. The van der Waals surface area contributed by atoms with Crippen LogP contribution >= 0.6 is 11.6 Å². The van der Waals surface area contributed by atoms with Crippen LogP contribution in [0, 0.1) is 11.2 Å². The zero-order valence-corrected chi connectivity index (χ0v) is 27.4. The summed E-state index contributed by atoms with van der Waals surface area (Å²) in [5.74, 6) is 0.705. The summed E-state index contributed by atoms with van der Waals surface area (Å²) >= 11 is 6.31. The molecule has 1 spiro atoms. The van der Waals surface area contributed by atoms with Gasteiger partial charge in [0.25, 0.3) is 0 Å². The Labute approximate surface area is 264 Å². The lowest BCUT2D eigenvalue weighted by atomic mass is 9.69. The van der Waals surface area contributed by atoms with Crippen molar-refractivity contribution in [3.63, 3.8) is 0 Å². The molecule has 44 heavy (non-hydrogen) atoms. The van der Waals surface area contributed by atoms with Crippen molar-refractivity contribution in [1.82, 2.24) is 28.7 Å². The number of nitrogens with one attached hydrogen (secondary N) is 1. The molecule has 240 valence electrons. The van der Waals surface area contributed by atoms with E-state index < -0.39 is 16.8 Å². The second kappa shape index (κ2) is 13.2. The minimum absolute atomic E-state index is 0.00437. The van der Waals surface area contributed by atoms with Gasteiger partial charge in [-0.3, -0.25) is 0 Å². The molecular weight excluding hydrogens is 609 g/mol. The van der Waals surface area contributed by atoms with Gasteiger partial charge in [-0.25, -0.2) is 32.7 Å². The van der Waals surface area contributed by atoms with E-state index in [-0.39, 0.29) is 24.2 Å². The molecule has 2 unspecified atom stereocenters. The Bertz CT molecular complexity index is 1550. The van der Waals surface area contributed by atoms with E-state index in [0.29, 0.717) is 51.8 Å². The molecule has 1 aliphatic carbocycles. The number of likely N-dealkylation sites (tertiary alicyclic amines) is 1. The molecule has 0 bridgehead atoms. The van der Waals surface area contributed by atoms with Crippen molar-refractivity contribution in [3.8, 4) is 11.3 Å². The van der Waals surface area contributed by atoms with Gasteiger partial charge in [0.2, 0.25) is 5.95 Å². The lowest BCUT2D eigenvalue weighted by molar-refractivity contribution is -0.0250. The Kier molecular flexibility index (Phi) is 9.78. The molecule has 1 saturated carbocycles. The average molecular weight is 650 g/mol. The summed E-state index contributed by atoms with van der Waals surface area (Å²) < 4.78 is 35.1. The van der Waals surface area contributed by atoms with E-state index in [1.54, 1.807) is 18.2 Å². The number of hydrogen-bond donors (Lipinski definition) is 2. The van der Waals surface area contributed by atoms with Crippen LogP contribution in [0.3, 0.4) is 0 Å². The van der Waals surface area contributed by atoms with Crippen molar-refractivity contribution in [2.24, 2.45) is 5.41 Å². The van der Waals surface area contributed by atoms with Crippen LogP contribution < -0.4 is 5.32 Å². The van der Waals surface area contributed by atoms with E-state index in [9.17, 15) is 14.1 Å². The third-order valence-electron chi connectivity index (χ3n) is 8.82. The summed E-state index contributed by atoms with van der Waals surface area (Å²) in [4.78, 5) is 26.7. The van der Waals surface area contributed by atoms with Crippen LogP contribution in [0.2, 0.25) is 5.02 Å². The van der Waals surface area contributed by atoms with Gasteiger partial charge in [-0.2, -0.15) is 0 Å². The molecule has 1 amide bonds. The van der Waals surface area contributed by atoms with Crippen LogP contribution in [0.25, 0.3) is 22.3 Å². The average Bonchev–Trinajstić information content (AvgIpc) is 3.62. The molecule has 6 rings (SSSR count). The molecule has 3 fully saturated rings. The number of aromatic nitrogens is 4. The summed E-state index contributed by atoms with van der Waals surface area (Å²) in [5.41, 5.74) is 2.26. The van der Waals surface area contributed by atoms with Crippen LogP contribution in [0.15, 0.2) is 18.3 Å². The van der Waals surface area contributed by atoms with Gasteiger partial charge in [-0.15, -0.1) is 0 Å². The van der Waals surface area contributed by atoms with E-state index in [2.05, 4.69) is 20.3 Å². The number of carbonyl (C=O) groups is 1. The monoisotopic (exact) mass is 649 g/mol. The molecule has 2 aliphatic heterocycles. The fourth-order valence-corrected chi connectivity index (χ4v) is 7.79.